The van der Waals surface area contributed by atoms with Crippen molar-refractivity contribution in [3.63, 3.8) is 0 Å². The van der Waals surface area contributed by atoms with E-state index in [2.05, 4.69) is 0 Å². The van der Waals surface area contributed by atoms with Gasteiger partial charge in [-0.05, 0) is 31.6 Å². The molecule has 1 N–H and O–H groups in total. The van der Waals surface area contributed by atoms with Crippen LogP contribution in [0.25, 0.3) is 0 Å². The summed E-state index contributed by atoms with van der Waals surface area (Å²) in [4.78, 5) is 13.4. The van der Waals surface area contributed by atoms with Crippen LogP contribution in [0.1, 0.15) is 32.1 Å². The van der Waals surface area contributed by atoms with Gasteiger partial charge >= 0.3 is 0 Å². The van der Waals surface area contributed by atoms with Crippen LogP contribution in [0.5, 0.6) is 0 Å². The SMILES string of the molecule is O=C(CCCCCl)N1CC(O)(C2CC2)C1. The van der Waals surface area contributed by atoms with E-state index in [0.717, 1.165) is 25.7 Å². The van der Waals surface area contributed by atoms with Gasteiger partial charge in [-0.2, -0.15) is 0 Å². The predicted octanol–water partition coefficient (Wildman–Crippen LogP) is 1.38. The van der Waals surface area contributed by atoms with E-state index < -0.39 is 5.60 Å². The van der Waals surface area contributed by atoms with Crippen LogP contribution in [0.2, 0.25) is 0 Å². The van der Waals surface area contributed by atoms with Crippen molar-refractivity contribution in [2.45, 2.75) is 37.7 Å². The van der Waals surface area contributed by atoms with Crippen LogP contribution in [-0.2, 0) is 4.79 Å². The van der Waals surface area contributed by atoms with Crippen LogP contribution in [0.15, 0.2) is 0 Å². The molecule has 0 radical (unpaired) electrons. The van der Waals surface area contributed by atoms with Crippen molar-refractivity contribution in [1.82, 2.24) is 4.90 Å². The summed E-state index contributed by atoms with van der Waals surface area (Å²) in [6.45, 7) is 1.11. The van der Waals surface area contributed by atoms with Gasteiger partial charge in [-0.25, -0.2) is 0 Å². The Labute approximate surface area is 95.4 Å². The summed E-state index contributed by atoms with van der Waals surface area (Å²) in [6.07, 6.45) is 4.59. The van der Waals surface area contributed by atoms with Gasteiger partial charge < -0.3 is 10.0 Å². The Kier molecular flexibility index (Phi) is 3.21. The van der Waals surface area contributed by atoms with Crippen molar-refractivity contribution in [3.05, 3.63) is 0 Å². The minimum Gasteiger partial charge on any atom is -0.386 e. The summed E-state index contributed by atoms with van der Waals surface area (Å²) in [7, 11) is 0. The Hall–Kier alpha value is -0.280. The number of likely N-dealkylation sites (tertiary alicyclic amines) is 1. The van der Waals surface area contributed by atoms with E-state index in [1.165, 1.54) is 0 Å². The molecule has 1 amide bonds. The first-order chi connectivity index (χ1) is 7.15. The molecule has 4 heteroatoms. The van der Waals surface area contributed by atoms with E-state index in [4.69, 9.17) is 11.6 Å². The number of nitrogens with zero attached hydrogens (tertiary/aromatic N) is 1. The van der Waals surface area contributed by atoms with Crippen LogP contribution in [0.3, 0.4) is 0 Å². The summed E-state index contributed by atoms with van der Waals surface area (Å²) in [5.41, 5.74) is -0.540. The smallest absolute Gasteiger partial charge is 0.222 e. The second-order valence-electron chi connectivity index (χ2n) is 4.77. The number of β-amino-alcohol motifs (C(OH)–C–C–N with tert-alkyl or cyclic N) is 1. The highest BCUT2D eigenvalue weighted by Crippen LogP contribution is 2.44. The molecule has 0 aromatic rings. The number of hydrogen-bond donors (Lipinski definition) is 1. The third-order valence-electron chi connectivity index (χ3n) is 3.39. The fraction of sp³-hybridized carbons (Fsp3) is 0.909. The van der Waals surface area contributed by atoms with E-state index in [1.807, 2.05) is 0 Å². The highest BCUT2D eigenvalue weighted by atomic mass is 35.5. The maximum absolute atomic E-state index is 11.6. The summed E-state index contributed by atoms with van der Waals surface area (Å²) in [5, 5.41) is 10.0. The number of carbonyl (C=O) groups is 1. The average Bonchev–Trinajstić information content (AvgIpc) is 2.96. The van der Waals surface area contributed by atoms with E-state index >= 15 is 0 Å². The second-order valence-corrected chi connectivity index (χ2v) is 5.15. The molecule has 0 atom stereocenters. The van der Waals surface area contributed by atoms with Crippen LogP contribution in [-0.4, -0.2) is 40.5 Å². The molecule has 1 aliphatic heterocycles. The monoisotopic (exact) mass is 231 g/mol. The van der Waals surface area contributed by atoms with Crippen LogP contribution < -0.4 is 0 Å². The van der Waals surface area contributed by atoms with Crippen LogP contribution in [0.4, 0.5) is 0 Å². The van der Waals surface area contributed by atoms with Crippen LogP contribution in [0, 0.1) is 5.92 Å². The topological polar surface area (TPSA) is 40.5 Å². The number of unbranched alkanes of at least 4 members (excludes halogenated alkanes) is 1. The van der Waals surface area contributed by atoms with Crippen molar-refractivity contribution in [1.29, 1.82) is 0 Å². The first kappa shape index (κ1) is 11.2. The number of carbonyl (C=O) groups excluding carboxylic acids is 1. The lowest BCUT2D eigenvalue weighted by Crippen LogP contribution is -2.64. The molecule has 86 valence electrons. The first-order valence-corrected chi connectivity index (χ1v) is 6.25. The summed E-state index contributed by atoms with van der Waals surface area (Å²) in [5.74, 6) is 1.26. The molecule has 2 aliphatic rings. The standard InChI is InChI=1S/C11H18ClNO2/c12-6-2-1-3-10(14)13-7-11(15,8-13)9-4-5-9/h9,15H,1-8H2. The van der Waals surface area contributed by atoms with Gasteiger partial charge in [0, 0.05) is 12.3 Å². The molecule has 2 fully saturated rings. The molecule has 0 aromatic carbocycles. The number of amides is 1. The highest BCUT2D eigenvalue weighted by molar-refractivity contribution is 6.17. The minimum absolute atomic E-state index is 0.172. The molecule has 1 saturated heterocycles. The van der Waals surface area contributed by atoms with Crippen molar-refractivity contribution < 1.29 is 9.90 Å². The number of hydrogen-bond acceptors (Lipinski definition) is 2. The lowest BCUT2D eigenvalue weighted by molar-refractivity contribution is -0.159. The van der Waals surface area contributed by atoms with E-state index in [0.29, 0.717) is 31.3 Å². The molecular weight excluding hydrogens is 214 g/mol. The minimum atomic E-state index is -0.540. The van der Waals surface area contributed by atoms with Gasteiger partial charge in [0.15, 0.2) is 0 Å². The molecule has 0 bridgehead atoms. The fourth-order valence-electron chi connectivity index (χ4n) is 2.20. The Morgan fingerprint density at radius 1 is 1.40 bits per heavy atom. The quantitative estimate of drug-likeness (QED) is 0.574. The van der Waals surface area contributed by atoms with Gasteiger partial charge in [0.2, 0.25) is 5.91 Å². The Balaban J connectivity index is 1.67. The second kappa shape index (κ2) is 4.30. The number of halogens is 1. The lowest BCUT2D eigenvalue weighted by Gasteiger charge is -2.47. The van der Waals surface area contributed by atoms with Gasteiger partial charge in [0.05, 0.1) is 13.1 Å². The number of alkyl halides is 1. The number of aliphatic hydroxyl groups is 1. The Morgan fingerprint density at radius 2 is 2.07 bits per heavy atom. The molecule has 2 rings (SSSR count). The maximum atomic E-state index is 11.6. The normalized spacial score (nSPS) is 23.7. The fourth-order valence-corrected chi connectivity index (χ4v) is 2.39. The molecule has 1 aliphatic carbocycles. The molecule has 0 unspecified atom stereocenters. The van der Waals surface area contributed by atoms with Crippen molar-refractivity contribution >= 4 is 17.5 Å². The average molecular weight is 232 g/mol. The van der Waals surface area contributed by atoms with E-state index in [-0.39, 0.29) is 5.91 Å². The van der Waals surface area contributed by atoms with Gasteiger partial charge in [0.1, 0.15) is 5.60 Å². The predicted molar refractivity (Wildman–Crippen MR) is 58.8 cm³/mol. The van der Waals surface area contributed by atoms with E-state index in [9.17, 15) is 9.90 Å². The van der Waals surface area contributed by atoms with Crippen LogP contribution >= 0.6 is 11.6 Å². The Bertz CT molecular complexity index is 247. The molecular formula is C11H18ClNO2. The first-order valence-electron chi connectivity index (χ1n) is 5.72. The molecule has 0 aromatic heterocycles. The van der Waals surface area contributed by atoms with Crippen molar-refractivity contribution in [2.24, 2.45) is 5.92 Å². The summed E-state index contributed by atoms with van der Waals surface area (Å²) >= 11 is 5.54. The zero-order valence-corrected chi connectivity index (χ0v) is 9.67. The van der Waals surface area contributed by atoms with Gasteiger partial charge in [0.25, 0.3) is 0 Å². The van der Waals surface area contributed by atoms with E-state index in [1.54, 1.807) is 4.90 Å². The van der Waals surface area contributed by atoms with Gasteiger partial charge in [-0.1, -0.05) is 0 Å². The molecule has 1 saturated carbocycles. The Morgan fingerprint density at radius 3 is 2.60 bits per heavy atom. The molecule has 15 heavy (non-hydrogen) atoms. The maximum Gasteiger partial charge on any atom is 0.222 e. The van der Waals surface area contributed by atoms with Gasteiger partial charge in [-0.15, -0.1) is 11.6 Å². The molecule has 0 spiro atoms. The largest absolute Gasteiger partial charge is 0.386 e. The lowest BCUT2D eigenvalue weighted by atomic mass is 9.88. The van der Waals surface area contributed by atoms with Crippen molar-refractivity contribution in [2.75, 3.05) is 19.0 Å². The zero-order chi connectivity index (χ0) is 10.9. The molecule has 1 heterocycles. The third kappa shape index (κ3) is 2.45. The zero-order valence-electron chi connectivity index (χ0n) is 8.91. The van der Waals surface area contributed by atoms with Crippen molar-refractivity contribution in [3.8, 4) is 0 Å². The number of rotatable bonds is 5. The summed E-state index contributed by atoms with van der Waals surface area (Å²) in [6, 6.07) is 0. The molecule has 3 nitrogen and oxygen atoms in total. The third-order valence-corrected chi connectivity index (χ3v) is 3.66. The van der Waals surface area contributed by atoms with Gasteiger partial charge in [-0.3, -0.25) is 4.79 Å². The highest BCUT2D eigenvalue weighted by Gasteiger charge is 2.52. The summed E-state index contributed by atoms with van der Waals surface area (Å²) < 4.78 is 0.